The number of hydrogen-bond donors (Lipinski definition) is 4. The molecule has 0 amide bonds. The maximum atomic E-state index is 9.45. The fourth-order valence-corrected chi connectivity index (χ4v) is 3.41. The first kappa shape index (κ1) is 20.9. The number of hydrogen-bond acceptors (Lipinski definition) is 5. The van der Waals surface area contributed by atoms with Crippen molar-refractivity contribution in [2.45, 2.75) is 18.9 Å². The minimum absolute atomic E-state index is 0.0638. The molecule has 1 saturated heterocycles. The van der Waals surface area contributed by atoms with Crippen LogP contribution in [0.2, 0.25) is 0 Å². The minimum atomic E-state index is 0.0638. The first-order valence-corrected chi connectivity index (χ1v) is 10.1. The van der Waals surface area contributed by atoms with Crippen molar-refractivity contribution in [3.63, 3.8) is 0 Å². The molecule has 29 heavy (non-hydrogen) atoms. The van der Waals surface area contributed by atoms with E-state index >= 15 is 0 Å². The van der Waals surface area contributed by atoms with Crippen molar-refractivity contribution in [3.05, 3.63) is 65.7 Å². The van der Waals surface area contributed by atoms with Crippen LogP contribution in [-0.2, 0) is 0 Å². The largest absolute Gasteiger partial charge is 0.490 e. The Morgan fingerprint density at radius 3 is 2.66 bits per heavy atom. The molecule has 0 radical (unpaired) electrons. The number of rotatable bonds is 9. The number of piperidine rings is 1. The van der Waals surface area contributed by atoms with Crippen molar-refractivity contribution < 1.29 is 9.84 Å². The standard InChI is InChI=1S/C23H30N4O2/c24-23(25)19-5-1-3-18(17-19)4-2-14-27(15-16-28)20-6-8-21(9-7-20)29-22-10-12-26-13-11-22/h1-9,17,22,26,28H,10-16H2,(H3,24,25). The van der Waals surface area contributed by atoms with Gasteiger partial charge < -0.3 is 25.8 Å². The Hall–Kier alpha value is -2.83. The lowest BCUT2D eigenvalue weighted by Crippen LogP contribution is -2.34. The summed E-state index contributed by atoms with van der Waals surface area (Å²) < 4.78 is 6.07. The molecule has 0 aliphatic carbocycles. The van der Waals surface area contributed by atoms with Crippen LogP contribution >= 0.6 is 0 Å². The average molecular weight is 395 g/mol. The maximum absolute atomic E-state index is 9.45. The smallest absolute Gasteiger partial charge is 0.122 e. The maximum Gasteiger partial charge on any atom is 0.122 e. The van der Waals surface area contributed by atoms with Crippen LogP contribution in [0.25, 0.3) is 6.08 Å². The lowest BCUT2D eigenvalue weighted by atomic mass is 10.1. The Morgan fingerprint density at radius 2 is 1.97 bits per heavy atom. The van der Waals surface area contributed by atoms with Crippen molar-refractivity contribution in [1.82, 2.24) is 5.32 Å². The molecule has 1 aliphatic heterocycles. The predicted molar refractivity (Wildman–Crippen MR) is 119 cm³/mol. The number of anilines is 1. The molecule has 1 aliphatic rings. The fourth-order valence-electron chi connectivity index (χ4n) is 3.41. The molecule has 3 rings (SSSR count). The van der Waals surface area contributed by atoms with Crippen LogP contribution in [0, 0.1) is 5.41 Å². The number of nitrogens with two attached hydrogens (primary N) is 1. The first-order chi connectivity index (χ1) is 14.2. The van der Waals surface area contributed by atoms with Gasteiger partial charge in [-0.25, -0.2) is 0 Å². The van der Waals surface area contributed by atoms with E-state index in [-0.39, 0.29) is 18.5 Å². The molecule has 1 heterocycles. The van der Waals surface area contributed by atoms with Crippen LogP contribution in [-0.4, -0.2) is 49.8 Å². The molecule has 0 aromatic heterocycles. The van der Waals surface area contributed by atoms with E-state index in [9.17, 15) is 5.11 Å². The van der Waals surface area contributed by atoms with Crippen LogP contribution in [0.1, 0.15) is 24.0 Å². The number of amidine groups is 1. The van der Waals surface area contributed by atoms with E-state index in [1.807, 2.05) is 60.7 Å². The Morgan fingerprint density at radius 1 is 1.21 bits per heavy atom. The van der Waals surface area contributed by atoms with Crippen LogP contribution in [0.5, 0.6) is 5.75 Å². The molecule has 1 fully saturated rings. The molecular formula is C23H30N4O2. The molecule has 5 N–H and O–H groups in total. The minimum Gasteiger partial charge on any atom is -0.490 e. The Kier molecular flexibility index (Phi) is 7.67. The van der Waals surface area contributed by atoms with Crippen LogP contribution in [0.4, 0.5) is 5.69 Å². The summed E-state index contributed by atoms with van der Waals surface area (Å²) in [5, 5.41) is 20.3. The highest BCUT2D eigenvalue weighted by atomic mass is 16.5. The van der Waals surface area contributed by atoms with E-state index in [2.05, 4.69) is 10.2 Å². The van der Waals surface area contributed by atoms with Gasteiger partial charge in [0.05, 0.1) is 6.61 Å². The lowest BCUT2D eigenvalue weighted by Gasteiger charge is -2.25. The Labute approximate surface area is 172 Å². The van der Waals surface area contributed by atoms with Gasteiger partial charge in [-0.15, -0.1) is 0 Å². The number of nitrogen functional groups attached to an aromatic ring is 1. The molecule has 6 nitrogen and oxygen atoms in total. The lowest BCUT2D eigenvalue weighted by molar-refractivity contribution is 0.162. The second-order valence-corrected chi connectivity index (χ2v) is 7.17. The second kappa shape index (κ2) is 10.6. The SMILES string of the molecule is N=C(N)c1cccc(C=CCN(CCO)c2ccc(OC3CCNCC3)cc2)c1. The predicted octanol–water partition coefficient (Wildman–Crippen LogP) is 2.61. The van der Waals surface area contributed by atoms with Gasteiger partial charge in [0.15, 0.2) is 0 Å². The summed E-state index contributed by atoms with van der Waals surface area (Å²) in [5.74, 6) is 0.954. The molecule has 0 unspecified atom stereocenters. The van der Waals surface area contributed by atoms with Gasteiger partial charge in [-0.05, 0) is 61.8 Å². The van der Waals surface area contributed by atoms with E-state index < -0.39 is 0 Å². The van der Waals surface area contributed by atoms with E-state index in [0.717, 1.165) is 42.9 Å². The van der Waals surface area contributed by atoms with Gasteiger partial charge >= 0.3 is 0 Å². The third-order valence-corrected chi connectivity index (χ3v) is 4.99. The van der Waals surface area contributed by atoms with Crippen molar-refractivity contribution in [1.29, 1.82) is 5.41 Å². The van der Waals surface area contributed by atoms with E-state index in [1.54, 1.807) is 0 Å². The topological polar surface area (TPSA) is 94.6 Å². The summed E-state index contributed by atoms with van der Waals surface area (Å²) in [6, 6.07) is 15.7. The summed E-state index contributed by atoms with van der Waals surface area (Å²) in [6.07, 6.45) is 6.41. The number of aliphatic hydroxyl groups is 1. The van der Waals surface area contributed by atoms with Gasteiger partial charge in [-0.2, -0.15) is 0 Å². The number of nitrogens with zero attached hydrogens (tertiary/aromatic N) is 1. The highest BCUT2D eigenvalue weighted by Crippen LogP contribution is 2.22. The van der Waals surface area contributed by atoms with Crippen LogP contribution in [0.3, 0.4) is 0 Å². The normalized spacial score (nSPS) is 14.8. The van der Waals surface area contributed by atoms with Crippen molar-refractivity contribution in [2.75, 3.05) is 37.7 Å². The van der Waals surface area contributed by atoms with Crippen LogP contribution in [0.15, 0.2) is 54.6 Å². The molecule has 6 heteroatoms. The summed E-state index contributed by atoms with van der Waals surface area (Å²) in [4.78, 5) is 2.11. The van der Waals surface area contributed by atoms with E-state index in [4.69, 9.17) is 15.9 Å². The van der Waals surface area contributed by atoms with Gasteiger partial charge in [0.25, 0.3) is 0 Å². The Balaban J connectivity index is 1.61. The molecule has 2 aromatic rings. The quantitative estimate of drug-likeness (QED) is 0.387. The highest BCUT2D eigenvalue weighted by molar-refractivity contribution is 5.95. The first-order valence-electron chi connectivity index (χ1n) is 10.1. The molecule has 0 bridgehead atoms. The summed E-state index contributed by atoms with van der Waals surface area (Å²) in [7, 11) is 0. The zero-order chi connectivity index (χ0) is 20.5. The Bertz CT molecular complexity index is 814. The zero-order valence-electron chi connectivity index (χ0n) is 16.7. The average Bonchev–Trinajstić information content (AvgIpc) is 2.75. The number of aliphatic hydroxyl groups excluding tert-OH is 1. The van der Waals surface area contributed by atoms with Gasteiger partial charge in [0.2, 0.25) is 0 Å². The summed E-state index contributed by atoms with van der Waals surface area (Å²) in [5.41, 5.74) is 8.30. The molecule has 154 valence electrons. The van der Waals surface area contributed by atoms with Crippen molar-refractivity contribution in [3.8, 4) is 5.75 Å². The molecular weight excluding hydrogens is 364 g/mol. The van der Waals surface area contributed by atoms with Gasteiger partial charge in [0, 0.05) is 24.3 Å². The highest BCUT2D eigenvalue weighted by Gasteiger charge is 2.14. The zero-order valence-corrected chi connectivity index (χ0v) is 16.7. The molecule has 0 saturated carbocycles. The van der Waals surface area contributed by atoms with E-state index in [1.165, 1.54) is 0 Å². The van der Waals surface area contributed by atoms with Gasteiger partial charge in [-0.1, -0.05) is 30.4 Å². The summed E-state index contributed by atoms with van der Waals surface area (Å²) >= 11 is 0. The molecule has 0 spiro atoms. The van der Waals surface area contributed by atoms with Crippen LogP contribution < -0.4 is 20.7 Å². The number of benzene rings is 2. The second-order valence-electron chi connectivity index (χ2n) is 7.17. The van der Waals surface area contributed by atoms with Crippen molar-refractivity contribution >= 4 is 17.6 Å². The number of ether oxygens (including phenoxy) is 1. The number of nitrogens with one attached hydrogen (secondary N) is 2. The monoisotopic (exact) mass is 394 g/mol. The summed E-state index contributed by atoms with van der Waals surface area (Å²) in [6.45, 7) is 3.32. The third kappa shape index (κ3) is 6.34. The van der Waals surface area contributed by atoms with Gasteiger partial charge in [-0.3, -0.25) is 5.41 Å². The fraction of sp³-hybridized carbons (Fsp3) is 0.348. The molecule has 2 aromatic carbocycles. The van der Waals surface area contributed by atoms with Crippen molar-refractivity contribution in [2.24, 2.45) is 5.73 Å². The van der Waals surface area contributed by atoms with Gasteiger partial charge in [0.1, 0.15) is 17.7 Å². The molecule has 0 atom stereocenters. The third-order valence-electron chi connectivity index (χ3n) is 4.99. The van der Waals surface area contributed by atoms with E-state index in [0.29, 0.717) is 18.7 Å².